The van der Waals surface area contributed by atoms with Gasteiger partial charge >= 0.3 is 0 Å². The standard InChI is InChI=1S/C14H28N2O2S/c1-2-3-11-16(14-8-9-14)19(17,18)12-5-4-10-15-13-6-7-13/h13-15H,2-12H2,1H3. The molecule has 2 rings (SSSR count). The summed E-state index contributed by atoms with van der Waals surface area (Å²) in [6.07, 6.45) is 8.52. The second kappa shape index (κ2) is 7.04. The van der Waals surface area contributed by atoms with E-state index < -0.39 is 10.0 Å². The minimum atomic E-state index is -3.01. The number of unbranched alkanes of at least 4 members (excludes halogenated alkanes) is 2. The number of sulfonamides is 1. The first kappa shape index (κ1) is 15.3. The van der Waals surface area contributed by atoms with E-state index in [-0.39, 0.29) is 0 Å². The monoisotopic (exact) mass is 288 g/mol. The molecule has 0 heterocycles. The molecule has 4 nitrogen and oxygen atoms in total. The molecule has 112 valence electrons. The summed E-state index contributed by atoms with van der Waals surface area (Å²) >= 11 is 0. The van der Waals surface area contributed by atoms with E-state index in [2.05, 4.69) is 12.2 Å². The SMILES string of the molecule is CCCCN(C1CC1)S(=O)(=O)CCCCNC1CC1. The van der Waals surface area contributed by atoms with Crippen molar-refractivity contribution >= 4 is 10.0 Å². The van der Waals surface area contributed by atoms with Crippen LogP contribution in [0.15, 0.2) is 0 Å². The summed E-state index contributed by atoms with van der Waals surface area (Å²) < 4.78 is 26.4. The van der Waals surface area contributed by atoms with Crippen LogP contribution in [0.2, 0.25) is 0 Å². The molecule has 0 aromatic carbocycles. The Balaban J connectivity index is 1.68. The van der Waals surface area contributed by atoms with Gasteiger partial charge in [0.15, 0.2) is 0 Å². The van der Waals surface area contributed by atoms with Gasteiger partial charge in [0.2, 0.25) is 10.0 Å². The average molecular weight is 288 g/mol. The Kier molecular flexibility index (Phi) is 5.66. The van der Waals surface area contributed by atoms with Gasteiger partial charge in [-0.3, -0.25) is 0 Å². The Labute approximate surface area is 118 Å². The van der Waals surface area contributed by atoms with E-state index >= 15 is 0 Å². The summed E-state index contributed by atoms with van der Waals surface area (Å²) in [5.74, 6) is 0.333. The third-order valence-corrected chi connectivity index (χ3v) is 5.88. The predicted octanol–water partition coefficient (Wildman–Crippen LogP) is 2.11. The van der Waals surface area contributed by atoms with Gasteiger partial charge in [-0.1, -0.05) is 13.3 Å². The maximum absolute atomic E-state index is 12.3. The zero-order valence-corrected chi connectivity index (χ0v) is 12.9. The van der Waals surface area contributed by atoms with E-state index in [1.807, 2.05) is 0 Å². The van der Waals surface area contributed by atoms with Gasteiger partial charge in [0.05, 0.1) is 5.75 Å². The van der Waals surface area contributed by atoms with Crippen LogP contribution in [0.3, 0.4) is 0 Å². The smallest absolute Gasteiger partial charge is 0.214 e. The fraction of sp³-hybridized carbons (Fsp3) is 1.00. The molecule has 0 spiro atoms. The molecule has 0 radical (unpaired) electrons. The van der Waals surface area contributed by atoms with E-state index in [4.69, 9.17) is 0 Å². The normalized spacial score (nSPS) is 20.1. The van der Waals surface area contributed by atoms with Crippen molar-refractivity contribution in [2.24, 2.45) is 0 Å². The molecule has 19 heavy (non-hydrogen) atoms. The summed E-state index contributed by atoms with van der Waals surface area (Å²) in [4.78, 5) is 0. The molecule has 5 heteroatoms. The third-order valence-electron chi connectivity index (χ3n) is 3.88. The second-order valence-corrected chi connectivity index (χ2v) is 7.99. The van der Waals surface area contributed by atoms with Crippen molar-refractivity contribution in [2.45, 2.75) is 70.4 Å². The highest BCUT2D eigenvalue weighted by molar-refractivity contribution is 7.89. The largest absolute Gasteiger partial charge is 0.314 e. The zero-order chi connectivity index (χ0) is 13.7. The molecule has 2 aliphatic rings. The van der Waals surface area contributed by atoms with Gasteiger partial charge in [-0.05, 0) is 51.5 Å². The fourth-order valence-electron chi connectivity index (χ4n) is 2.35. The highest BCUT2D eigenvalue weighted by Gasteiger charge is 2.36. The molecule has 0 amide bonds. The molecule has 0 saturated heterocycles. The Morgan fingerprint density at radius 3 is 2.42 bits per heavy atom. The van der Waals surface area contributed by atoms with Crippen molar-refractivity contribution in [1.29, 1.82) is 0 Å². The summed E-state index contributed by atoms with van der Waals surface area (Å²) in [6.45, 7) is 3.81. The highest BCUT2D eigenvalue weighted by Crippen LogP contribution is 2.30. The van der Waals surface area contributed by atoms with Gasteiger partial charge in [0, 0.05) is 18.6 Å². The highest BCUT2D eigenvalue weighted by atomic mass is 32.2. The van der Waals surface area contributed by atoms with Crippen molar-refractivity contribution < 1.29 is 8.42 Å². The molecular weight excluding hydrogens is 260 g/mol. The first-order chi connectivity index (χ1) is 9.13. The van der Waals surface area contributed by atoms with Crippen LogP contribution in [0, 0.1) is 0 Å². The van der Waals surface area contributed by atoms with Crippen molar-refractivity contribution in [1.82, 2.24) is 9.62 Å². The number of nitrogens with zero attached hydrogens (tertiary/aromatic N) is 1. The van der Waals surface area contributed by atoms with E-state index in [0.29, 0.717) is 11.8 Å². The van der Waals surface area contributed by atoms with E-state index in [1.165, 1.54) is 12.8 Å². The predicted molar refractivity (Wildman–Crippen MR) is 78.7 cm³/mol. The minimum Gasteiger partial charge on any atom is -0.314 e. The Morgan fingerprint density at radius 1 is 1.11 bits per heavy atom. The maximum Gasteiger partial charge on any atom is 0.214 e. The Bertz CT molecular complexity index is 362. The van der Waals surface area contributed by atoms with Crippen molar-refractivity contribution in [3.05, 3.63) is 0 Å². The number of hydrogen-bond donors (Lipinski definition) is 1. The summed E-state index contributed by atoms with van der Waals surface area (Å²) in [6, 6.07) is 1.05. The van der Waals surface area contributed by atoms with Gasteiger partial charge in [-0.2, -0.15) is 4.31 Å². The van der Waals surface area contributed by atoms with Crippen LogP contribution in [0.25, 0.3) is 0 Å². The molecule has 0 atom stereocenters. The molecule has 1 N–H and O–H groups in total. The fourth-order valence-corrected chi connectivity index (χ4v) is 4.22. The molecule has 0 aromatic rings. The third kappa shape index (κ3) is 5.40. The van der Waals surface area contributed by atoms with Crippen molar-refractivity contribution in [3.63, 3.8) is 0 Å². The van der Waals surface area contributed by atoms with Crippen LogP contribution in [0.4, 0.5) is 0 Å². The lowest BCUT2D eigenvalue weighted by molar-refractivity contribution is 0.394. The first-order valence-electron chi connectivity index (χ1n) is 7.86. The quantitative estimate of drug-likeness (QED) is 0.592. The summed E-state index contributed by atoms with van der Waals surface area (Å²) in [5, 5.41) is 3.43. The lowest BCUT2D eigenvalue weighted by Gasteiger charge is -2.21. The molecular formula is C14H28N2O2S. The van der Waals surface area contributed by atoms with Crippen LogP contribution in [-0.2, 0) is 10.0 Å². The van der Waals surface area contributed by atoms with Gasteiger partial charge in [-0.25, -0.2) is 8.42 Å². The molecule has 2 fully saturated rings. The molecule has 0 aliphatic heterocycles. The molecule has 2 aliphatic carbocycles. The topological polar surface area (TPSA) is 49.4 Å². The van der Waals surface area contributed by atoms with Gasteiger partial charge in [-0.15, -0.1) is 0 Å². The van der Waals surface area contributed by atoms with E-state index in [0.717, 1.165) is 57.7 Å². The van der Waals surface area contributed by atoms with Gasteiger partial charge in [0.25, 0.3) is 0 Å². The second-order valence-electron chi connectivity index (χ2n) is 5.95. The lowest BCUT2D eigenvalue weighted by Crippen LogP contribution is -2.36. The van der Waals surface area contributed by atoms with Gasteiger partial charge < -0.3 is 5.32 Å². The van der Waals surface area contributed by atoms with E-state index in [1.54, 1.807) is 4.31 Å². The first-order valence-corrected chi connectivity index (χ1v) is 9.47. The van der Waals surface area contributed by atoms with Crippen LogP contribution in [0.5, 0.6) is 0 Å². The van der Waals surface area contributed by atoms with Crippen LogP contribution < -0.4 is 5.32 Å². The van der Waals surface area contributed by atoms with Crippen molar-refractivity contribution in [2.75, 3.05) is 18.8 Å². The number of nitrogens with one attached hydrogen (secondary N) is 1. The molecule has 0 bridgehead atoms. The summed E-state index contributed by atoms with van der Waals surface area (Å²) in [5.41, 5.74) is 0. The number of hydrogen-bond acceptors (Lipinski definition) is 3. The van der Waals surface area contributed by atoms with Crippen molar-refractivity contribution in [3.8, 4) is 0 Å². The van der Waals surface area contributed by atoms with Crippen LogP contribution in [0.1, 0.15) is 58.3 Å². The Hall–Kier alpha value is -0.130. The van der Waals surface area contributed by atoms with E-state index in [9.17, 15) is 8.42 Å². The summed E-state index contributed by atoms with van der Waals surface area (Å²) in [7, 11) is -3.01. The maximum atomic E-state index is 12.3. The Morgan fingerprint density at radius 2 is 1.84 bits per heavy atom. The molecule has 0 unspecified atom stereocenters. The molecule has 0 aromatic heterocycles. The number of rotatable bonds is 11. The minimum absolute atomic E-state index is 0.320. The zero-order valence-electron chi connectivity index (χ0n) is 12.1. The van der Waals surface area contributed by atoms with Crippen LogP contribution in [-0.4, -0.2) is 43.6 Å². The van der Waals surface area contributed by atoms with Crippen LogP contribution >= 0.6 is 0 Å². The average Bonchev–Trinajstić information content (AvgIpc) is 3.23. The molecule has 2 saturated carbocycles. The van der Waals surface area contributed by atoms with Gasteiger partial charge in [0.1, 0.15) is 0 Å². The lowest BCUT2D eigenvalue weighted by atomic mass is 10.3.